The monoisotopic (exact) mass is 592 g/mol. The lowest BCUT2D eigenvalue weighted by atomic mass is 9.82. The summed E-state index contributed by atoms with van der Waals surface area (Å²) in [5.41, 5.74) is 13.5. The largest absolute Gasteiger partial charge is 0.291 e. The van der Waals surface area contributed by atoms with Gasteiger partial charge in [0, 0.05) is 20.9 Å². The van der Waals surface area contributed by atoms with Gasteiger partial charge in [0.2, 0.25) is 0 Å². The molecule has 0 unspecified atom stereocenters. The molecule has 3 aromatic heterocycles. The average molecular weight is 593 g/mol. The van der Waals surface area contributed by atoms with Crippen molar-refractivity contribution in [2.24, 2.45) is 0 Å². The maximum absolute atomic E-state index is 5.21. The van der Waals surface area contributed by atoms with Crippen LogP contribution in [0.2, 0.25) is 0 Å². The SMILES string of the molecule is CC1(C)c2ccccc2-c2cc(-c3ccc(-c4cc5c6ccc7ccccc7c6sc5c5nc6ccccc6n45)cc3)ccc21. The van der Waals surface area contributed by atoms with Gasteiger partial charge in [0.15, 0.2) is 5.65 Å². The lowest BCUT2D eigenvalue weighted by Crippen LogP contribution is -2.14. The van der Waals surface area contributed by atoms with Crippen molar-refractivity contribution in [2.75, 3.05) is 0 Å². The van der Waals surface area contributed by atoms with E-state index in [-0.39, 0.29) is 5.41 Å². The molecule has 0 saturated heterocycles. The second-order valence-electron chi connectivity index (χ2n) is 12.8. The third-order valence-electron chi connectivity index (χ3n) is 10.0. The van der Waals surface area contributed by atoms with E-state index in [1.54, 1.807) is 0 Å². The van der Waals surface area contributed by atoms with Crippen LogP contribution in [-0.2, 0) is 5.41 Å². The summed E-state index contributed by atoms with van der Waals surface area (Å²) in [5, 5.41) is 5.14. The van der Waals surface area contributed by atoms with E-state index in [9.17, 15) is 0 Å². The van der Waals surface area contributed by atoms with Crippen LogP contribution >= 0.6 is 11.3 Å². The van der Waals surface area contributed by atoms with Crippen molar-refractivity contribution in [3.05, 3.63) is 145 Å². The maximum atomic E-state index is 5.21. The Labute approximate surface area is 264 Å². The van der Waals surface area contributed by atoms with Gasteiger partial charge in [-0.2, -0.15) is 0 Å². The average Bonchev–Trinajstić information content (AvgIpc) is 3.73. The Balaban J connectivity index is 1.17. The molecule has 0 amide bonds. The highest BCUT2D eigenvalue weighted by Gasteiger charge is 2.35. The number of para-hydroxylation sites is 2. The summed E-state index contributed by atoms with van der Waals surface area (Å²) in [6, 6.07) is 49.1. The normalized spacial score (nSPS) is 13.7. The number of nitrogens with zero attached hydrogens (tertiary/aromatic N) is 2. The van der Waals surface area contributed by atoms with Gasteiger partial charge in [0.05, 0.1) is 21.4 Å². The molecule has 0 aliphatic heterocycles. The predicted octanol–water partition coefficient (Wildman–Crippen LogP) is 11.6. The number of hydrogen-bond acceptors (Lipinski definition) is 2. The van der Waals surface area contributed by atoms with Gasteiger partial charge in [-0.1, -0.05) is 123 Å². The first kappa shape index (κ1) is 25.1. The molecule has 6 aromatic carbocycles. The van der Waals surface area contributed by atoms with Crippen LogP contribution in [-0.4, -0.2) is 9.38 Å². The molecule has 0 fully saturated rings. The minimum absolute atomic E-state index is 0.0179. The molecule has 10 rings (SSSR count). The molecule has 0 atom stereocenters. The Kier molecular flexibility index (Phi) is 4.97. The van der Waals surface area contributed by atoms with Crippen molar-refractivity contribution in [3.63, 3.8) is 0 Å². The zero-order chi connectivity index (χ0) is 29.9. The molecule has 1 aliphatic carbocycles. The molecule has 212 valence electrons. The van der Waals surface area contributed by atoms with Gasteiger partial charge < -0.3 is 0 Å². The minimum atomic E-state index is 0.0179. The van der Waals surface area contributed by atoms with Crippen molar-refractivity contribution in [3.8, 4) is 33.5 Å². The van der Waals surface area contributed by atoms with E-state index >= 15 is 0 Å². The van der Waals surface area contributed by atoms with Crippen LogP contribution in [0.15, 0.2) is 133 Å². The predicted molar refractivity (Wildman–Crippen MR) is 192 cm³/mol. The van der Waals surface area contributed by atoms with Crippen molar-refractivity contribution in [2.45, 2.75) is 19.3 Å². The van der Waals surface area contributed by atoms with Crippen LogP contribution in [0.5, 0.6) is 0 Å². The number of pyridine rings is 1. The summed E-state index contributed by atoms with van der Waals surface area (Å²) in [5.74, 6) is 0. The Morgan fingerprint density at radius 2 is 1.29 bits per heavy atom. The van der Waals surface area contributed by atoms with Crippen molar-refractivity contribution in [1.82, 2.24) is 9.38 Å². The van der Waals surface area contributed by atoms with E-state index in [0.717, 1.165) is 22.4 Å². The molecule has 3 heterocycles. The van der Waals surface area contributed by atoms with E-state index in [1.165, 1.54) is 69.9 Å². The second kappa shape index (κ2) is 8.90. The van der Waals surface area contributed by atoms with E-state index in [2.05, 4.69) is 152 Å². The number of thiophene rings is 1. The number of hydrogen-bond donors (Lipinski definition) is 0. The fraction of sp³-hybridized carbons (Fsp3) is 0.0714. The van der Waals surface area contributed by atoms with Gasteiger partial charge in [-0.3, -0.25) is 4.40 Å². The van der Waals surface area contributed by atoms with Crippen LogP contribution < -0.4 is 0 Å². The first-order valence-corrected chi connectivity index (χ1v) is 16.4. The summed E-state index contributed by atoms with van der Waals surface area (Å²) in [6.45, 7) is 4.67. The zero-order valence-electron chi connectivity index (χ0n) is 25.0. The fourth-order valence-corrected chi connectivity index (χ4v) is 9.02. The minimum Gasteiger partial charge on any atom is -0.291 e. The van der Waals surface area contributed by atoms with Crippen molar-refractivity contribution >= 4 is 59.0 Å². The molecular weight excluding hydrogens is 565 g/mol. The Hall–Kier alpha value is -5.25. The third kappa shape index (κ3) is 3.42. The topological polar surface area (TPSA) is 17.3 Å². The van der Waals surface area contributed by atoms with Crippen LogP contribution in [0, 0.1) is 0 Å². The van der Waals surface area contributed by atoms with Crippen LogP contribution in [0.3, 0.4) is 0 Å². The number of rotatable bonds is 2. The first-order chi connectivity index (χ1) is 22.1. The number of imidazole rings is 1. The van der Waals surface area contributed by atoms with E-state index in [4.69, 9.17) is 4.98 Å². The van der Waals surface area contributed by atoms with E-state index < -0.39 is 0 Å². The van der Waals surface area contributed by atoms with Gasteiger partial charge in [-0.25, -0.2) is 4.98 Å². The lowest BCUT2D eigenvalue weighted by Gasteiger charge is -2.21. The fourth-order valence-electron chi connectivity index (χ4n) is 7.72. The third-order valence-corrected chi connectivity index (χ3v) is 11.3. The van der Waals surface area contributed by atoms with Gasteiger partial charge in [0.25, 0.3) is 0 Å². The highest BCUT2D eigenvalue weighted by Crippen LogP contribution is 2.49. The first-order valence-electron chi connectivity index (χ1n) is 15.6. The second-order valence-corrected chi connectivity index (χ2v) is 13.8. The Morgan fingerprint density at radius 1 is 0.556 bits per heavy atom. The molecule has 9 aromatic rings. The Bertz CT molecular complexity index is 2670. The zero-order valence-corrected chi connectivity index (χ0v) is 25.8. The van der Waals surface area contributed by atoms with Crippen LogP contribution in [0.1, 0.15) is 25.0 Å². The summed E-state index contributed by atoms with van der Waals surface area (Å²) in [7, 11) is 0. The molecule has 45 heavy (non-hydrogen) atoms. The summed E-state index contributed by atoms with van der Waals surface area (Å²) < 4.78 is 4.92. The maximum Gasteiger partial charge on any atom is 0.156 e. The van der Waals surface area contributed by atoms with Crippen molar-refractivity contribution < 1.29 is 0 Å². The van der Waals surface area contributed by atoms with Crippen LogP contribution in [0.25, 0.3) is 81.1 Å². The number of aromatic nitrogens is 2. The highest BCUT2D eigenvalue weighted by molar-refractivity contribution is 7.27. The molecule has 0 N–H and O–H groups in total. The van der Waals surface area contributed by atoms with Gasteiger partial charge in [-0.15, -0.1) is 11.3 Å². The van der Waals surface area contributed by atoms with Gasteiger partial charge in [0.1, 0.15) is 0 Å². The molecule has 0 radical (unpaired) electrons. The summed E-state index contributed by atoms with van der Waals surface area (Å²) in [4.78, 5) is 5.21. The molecule has 1 aliphatic rings. The Morgan fingerprint density at radius 3 is 2.20 bits per heavy atom. The molecular formula is C42H28N2S. The number of fused-ring (bicyclic) bond motifs is 12. The van der Waals surface area contributed by atoms with Gasteiger partial charge >= 0.3 is 0 Å². The smallest absolute Gasteiger partial charge is 0.156 e. The standard InChI is InChI=1S/C42H28N2S/c1-42(2)34-12-6-5-11-30(34)32-23-28(20-22-35(32)42)25-15-17-27(18-16-25)38-24-33-31-21-19-26-9-3-4-10-29(26)39(31)45-40(33)41-43-36-13-7-8-14-37(36)44(38)41/h3-24H,1-2H3. The number of benzene rings is 6. The van der Waals surface area contributed by atoms with Crippen LogP contribution in [0.4, 0.5) is 0 Å². The lowest BCUT2D eigenvalue weighted by molar-refractivity contribution is 0.660. The summed E-state index contributed by atoms with van der Waals surface area (Å²) >= 11 is 1.86. The van der Waals surface area contributed by atoms with E-state index in [1.807, 2.05) is 11.3 Å². The van der Waals surface area contributed by atoms with Gasteiger partial charge in [-0.05, 0) is 74.0 Å². The molecule has 2 nitrogen and oxygen atoms in total. The van der Waals surface area contributed by atoms with Crippen molar-refractivity contribution in [1.29, 1.82) is 0 Å². The molecule has 0 saturated carbocycles. The molecule has 0 spiro atoms. The highest BCUT2D eigenvalue weighted by atomic mass is 32.1. The quantitative estimate of drug-likeness (QED) is 0.195. The molecule has 0 bridgehead atoms. The molecule has 3 heteroatoms. The summed E-state index contributed by atoms with van der Waals surface area (Å²) in [6.07, 6.45) is 0. The van der Waals surface area contributed by atoms with E-state index in [0.29, 0.717) is 0 Å².